The quantitative estimate of drug-likeness (QED) is 0.646. The maximum absolute atomic E-state index is 11.2. The van der Waals surface area contributed by atoms with E-state index in [0.29, 0.717) is 18.2 Å². The standard InChI is InChI=1S/C20H22N4O2.H2O/c1-2-26-20-17(8-4-13-22-20)7-3-6-16-10-14-24(15-11-16)19-18(23-25)9-5-12-21-19;/h4-6,8-9,12-13H,2,10-11,14-15,23H2,1H3;1H2. The SMILES string of the molecule is CCOc1ncccc1C#CC=C1CCN(c2ncccc2[NH2+][O-])CC1.O. The average molecular weight is 368 g/mol. The van der Waals surface area contributed by atoms with Crippen LogP contribution in [0.3, 0.4) is 0 Å². The number of aromatic nitrogens is 2. The Bertz CT molecular complexity index is 832. The smallest absolute Gasteiger partial charge is 0.229 e. The molecule has 0 aromatic carbocycles. The van der Waals surface area contributed by atoms with Crippen molar-refractivity contribution in [2.75, 3.05) is 24.6 Å². The number of nitrogens with zero attached hydrogens (tertiary/aromatic N) is 3. The van der Waals surface area contributed by atoms with Crippen molar-refractivity contribution in [2.45, 2.75) is 19.8 Å². The first kappa shape index (κ1) is 20.4. The summed E-state index contributed by atoms with van der Waals surface area (Å²) in [6.45, 7) is 4.17. The summed E-state index contributed by atoms with van der Waals surface area (Å²) in [6.07, 6.45) is 7.24. The Morgan fingerprint density at radius 3 is 2.70 bits per heavy atom. The highest BCUT2D eigenvalue weighted by molar-refractivity contribution is 5.57. The summed E-state index contributed by atoms with van der Waals surface area (Å²) in [5.74, 6) is 7.59. The Hall–Kier alpha value is -2.92. The molecule has 0 bridgehead atoms. The van der Waals surface area contributed by atoms with Gasteiger partial charge in [-0.3, -0.25) is 0 Å². The van der Waals surface area contributed by atoms with Crippen molar-refractivity contribution >= 4 is 11.5 Å². The maximum atomic E-state index is 11.2. The lowest BCUT2D eigenvalue weighted by molar-refractivity contribution is -0.496. The van der Waals surface area contributed by atoms with Gasteiger partial charge in [-0.25, -0.2) is 9.97 Å². The van der Waals surface area contributed by atoms with Gasteiger partial charge >= 0.3 is 0 Å². The molecule has 0 aliphatic carbocycles. The fourth-order valence-corrected chi connectivity index (χ4v) is 2.87. The summed E-state index contributed by atoms with van der Waals surface area (Å²) < 4.78 is 5.49. The molecule has 7 heteroatoms. The summed E-state index contributed by atoms with van der Waals surface area (Å²) in [4.78, 5) is 10.7. The zero-order valence-corrected chi connectivity index (χ0v) is 15.3. The largest absolute Gasteiger partial charge is 0.630 e. The molecular weight excluding hydrogens is 344 g/mol. The van der Waals surface area contributed by atoms with Crippen molar-refractivity contribution in [1.29, 1.82) is 0 Å². The molecule has 7 nitrogen and oxygen atoms in total. The molecule has 3 heterocycles. The minimum atomic E-state index is 0. The molecule has 1 aliphatic rings. The normalized spacial score (nSPS) is 13.3. The van der Waals surface area contributed by atoms with Gasteiger partial charge in [0.15, 0.2) is 11.5 Å². The fraction of sp³-hybridized carbons (Fsp3) is 0.300. The first-order chi connectivity index (χ1) is 12.8. The molecule has 3 rings (SSSR count). The fourth-order valence-electron chi connectivity index (χ4n) is 2.87. The molecule has 27 heavy (non-hydrogen) atoms. The second kappa shape index (κ2) is 10.3. The molecule has 0 amide bonds. The number of anilines is 1. The number of piperidine rings is 1. The number of pyridine rings is 2. The Morgan fingerprint density at radius 2 is 1.96 bits per heavy atom. The second-order valence-electron chi connectivity index (χ2n) is 5.88. The van der Waals surface area contributed by atoms with E-state index in [1.165, 1.54) is 5.57 Å². The molecular formula is C20H24N4O3. The summed E-state index contributed by atoms with van der Waals surface area (Å²) >= 11 is 0. The van der Waals surface area contributed by atoms with Crippen LogP contribution in [-0.2, 0) is 0 Å². The van der Waals surface area contributed by atoms with Gasteiger partial charge in [-0.2, -0.15) is 0 Å². The van der Waals surface area contributed by atoms with E-state index >= 15 is 0 Å². The van der Waals surface area contributed by atoms with Crippen LogP contribution in [0.2, 0.25) is 0 Å². The van der Waals surface area contributed by atoms with Gasteiger partial charge in [0, 0.05) is 31.5 Å². The maximum Gasteiger partial charge on any atom is 0.229 e. The van der Waals surface area contributed by atoms with Crippen molar-refractivity contribution in [1.82, 2.24) is 9.97 Å². The molecule has 0 saturated carbocycles. The molecule has 4 N–H and O–H groups in total. The zero-order chi connectivity index (χ0) is 18.2. The van der Waals surface area contributed by atoms with Crippen molar-refractivity contribution in [2.24, 2.45) is 0 Å². The van der Waals surface area contributed by atoms with Gasteiger partial charge in [0.05, 0.1) is 12.2 Å². The Balaban J connectivity index is 0.00000261. The van der Waals surface area contributed by atoms with E-state index in [9.17, 15) is 5.21 Å². The third-order valence-electron chi connectivity index (χ3n) is 4.18. The van der Waals surface area contributed by atoms with E-state index in [-0.39, 0.29) is 5.48 Å². The molecule has 0 atom stereocenters. The van der Waals surface area contributed by atoms with Gasteiger partial charge in [-0.05, 0) is 44.0 Å². The van der Waals surface area contributed by atoms with Crippen LogP contribution in [-0.4, -0.2) is 35.1 Å². The third kappa shape index (κ3) is 5.28. The topological polar surface area (TPSA) is 109 Å². The van der Waals surface area contributed by atoms with Crippen molar-refractivity contribution in [3.8, 4) is 17.7 Å². The van der Waals surface area contributed by atoms with Crippen LogP contribution in [0, 0.1) is 17.0 Å². The monoisotopic (exact) mass is 368 g/mol. The Morgan fingerprint density at radius 1 is 1.22 bits per heavy atom. The van der Waals surface area contributed by atoms with E-state index in [1.807, 2.05) is 25.1 Å². The van der Waals surface area contributed by atoms with Gasteiger partial charge in [-0.1, -0.05) is 17.4 Å². The summed E-state index contributed by atoms with van der Waals surface area (Å²) in [5, 5.41) is 11.2. The van der Waals surface area contributed by atoms with Crippen LogP contribution in [0.25, 0.3) is 0 Å². The van der Waals surface area contributed by atoms with Crippen LogP contribution < -0.4 is 15.1 Å². The highest BCUT2D eigenvalue weighted by Gasteiger charge is 2.18. The van der Waals surface area contributed by atoms with Gasteiger partial charge in [0.25, 0.3) is 0 Å². The lowest BCUT2D eigenvalue weighted by atomic mass is 10.0. The first-order valence-electron chi connectivity index (χ1n) is 8.74. The molecule has 1 saturated heterocycles. The van der Waals surface area contributed by atoms with E-state index in [2.05, 4.69) is 26.7 Å². The second-order valence-corrected chi connectivity index (χ2v) is 5.88. The molecule has 1 aliphatic heterocycles. The van der Waals surface area contributed by atoms with Crippen LogP contribution in [0.4, 0.5) is 11.5 Å². The number of hydrogen-bond acceptors (Lipinski definition) is 5. The summed E-state index contributed by atoms with van der Waals surface area (Å²) in [6, 6.07) is 7.35. The van der Waals surface area contributed by atoms with Crippen LogP contribution >= 0.6 is 0 Å². The molecule has 1 fully saturated rings. The molecule has 0 spiro atoms. The minimum absolute atomic E-state index is 0. The van der Waals surface area contributed by atoms with Gasteiger partial charge in [-0.15, -0.1) is 0 Å². The first-order valence-corrected chi connectivity index (χ1v) is 8.74. The minimum Gasteiger partial charge on any atom is -0.630 e. The lowest BCUT2D eigenvalue weighted by Crippen LogP contribution is -2.70. The van der Waals surface area contributed by atoms with E-state index in [0.717, 1.165) is 42.8 Å². The number of ether oxygens (including phenoxy) is 1. The van der Waals surface area contributed by atoms with Crippen molar-refractivity contribution in [3.05, 3.63) is 59.1 Å². The van der Waals surface area contributed by atoms with E-state index in [4.69, 9.17) is 4.74 Å². The van der Waals surface area contributed by atoms with Crippen LogP contribution in [0.5, 0.6) is 5.88 Å². The molecule has 0 unspecified atom stereocenters. The third-order valence-corrected chi connectivity index (χ3v) is 4.18. The van der Waals surface area contributed by atoms with Gasteiger partial charge in [0.2, 0.25) is 5.88 Å². The summed E-state index contributed by atoms with van der Waals surface area (Å²) in [5.41, 5.74) is 3.61. The highest BCUT2D eigenvalue weighted by Crippen LogP contribution is 2.24. The van der Waals surface area contributed by atoms with E-state index < -0.39 is 0 Å². The predicted octanol–water partition coefficient (Wildman–Crippen LogP) is 1.32. The van der Waals surface area contributed by atoms with Gasteiger partial charge in [0.1, 0.15) is 0 Å². The number of quaternary nitrogens is 1. The predicted molar refractivity (Wildman–Crippen MR) is 105 cm³/mol. The highest BCUT2D eigenvalue weighted by atomic mass is 16.5. The summed E-state index contributed by atoms with van der Waals surface area (Å²) in [7, 11) is 0. The van der Waals surface area contributed by atoms with Crippen LogP contribution in [0.1, 0.15) is 25.3 Å². The number of nitrogens with two attached hydrogens (primary N) is 1. The van der Waals surface area contributed by atoms with Crippen molar-refractivity contribution < 1.29 is 15.7 Å². The Labute approximate surface area is 159 Å². The molecule has 2 aromatic rings. The number of hydrogen-bond donors (Lipinski definition) is 1. The number of allylic oxidation sites excluding steroid dienone is 1. The van der Waals surface area contributed by atoms with Crippen molar-refractivity contribution in [3.63, 3.8) is 0 Å². The molecule has 0 radical (unpaired) electrons. The molecule has 142 valence electrons. The molecule has 2 aromatic heterocycles. The lowest BCUT2D eigenvalue weighted by Gasteiger charge is -2.29. The Kier molecular flexibility index (Phi) is 7.77. The van der Waals surface area contributed by atoms with Gasteiger partial charge < -0.3 is 25.8 Å². The van der Waals surface area contributed by atoms with Crippen LogP contribution in [0.15, 0.2) is 48.3 Å². The van der Waals surface area contributed by atoms with E-state index in [1.54, 1.807) is 24.5 Å². The zero-order valence-electron chi connectivity index (χ0n) is 15.3. The number of rotatable bonds is 4. The average Bonchev–Trinajstić information content (AvgIpc) is 2.70.